The number of thiophene rings is 1. The Balaban J connectivity index is 1.57. The molecule has 0 saturated carbocycles. The smallest absolute Gasteiger partial charge is 0.298 e. The minimum absolute atomic E-state index is 0.0848. The quantitative estimate of drug-likeness (QED) is 0.757. The van der Waals surface area contributed by atoms with E-state index >= 15 is 0 Å². The van der Waals surface area contributed by atoms with Gasteiger partial charge in [-0.2, -0.15) is 0 Å². The summed E-state index contributed by atoms with van der Waals surface area (Å²) in [7, 11) is 0. The molecule has 1 amide bonds. The number of aryl methyl sites for hydroxylation is 1. The molecule has 21 heavy (non-hydrogen) atoms. The van der Waals surface area contributed by atoms with Crippen molar-refractivity contribution in [3.05, 3.63) is 33.5 Å². The van der Waals surface area contributed by atoms with E-state index in [1.807, 2.05) is 29.3 Å². The van der Waals surface area contributed by atoms with Crippen LogP contribution in [0.25, 0.3) is 0 Å². The molecule has 0 bridgehead atoms. The molecule has 0 N–H and O–H groups in total. The highest BCUT2D eigenvalue weighted by Crippen LogP contribution is 2.21. The van der Waals surface area contributed by atoms with Crippen LogP contribution in [0.15, 0.2) is 22.9 Å². The van der Waals surface area contributed by atoms with Crippen LogP contribution in [0.4, 0.5) is 5.13 Å². The molecular weight excluding hydrogens is 302 g/mol. The Morgan fingerprint density at radius 2 is 2.10 bits per heavy atom. The number of piperazine rings is 1. The van der Waals surface area contributed by atoms with Crippen molar-refractivity contribution in [2.24, 2.45) is 0 Å². The highest BCUT2D eigenvalue weighted by atomic mass is 32.1. The second-order valence-electron chi connectivity index (χ2n) is 4.78. The Hall–Kier alpha value is -1.84. The molecule has 3 heterocycles. The molecule has 3 rings (SSSR count). The van der Waals surface area contributed by atoms with E-state index < -0.39 is 0 Å². The summed E-state index contributed by atoms with van der Waals surface area (Å²) in [4.78, 5) is 21.5. The predicted molar refractivity (Wildman–Crippen MR) is 86.8 cm³/mol. The maximum absolute atomic E-state index is 12.1. The lowest BCUT2D eigenvalue weighted by molar-refractivity contribution is -0.125. The summed E-state index contributed by atoms with van der Waals surface area (Å²) in [5.41, 5.74) is 1.05. The average molecular weight is 317 g/mol. The van der Waals surface area contributed by atoms with Gasteiger partial charge in [-0.25, -0.2) is 4.98 Å². The fourth-order valence-corrected chi connectivity index (χ4v) is 3.56. The first-order chi connectivity index (χ1) is 10.2. The lowest BCUT2D eigenvalue weighted by Gasteiger charge is -2.33. The van der Waals surface area contributed by atoms with Gasteiger partial charge in [0, 0.05) is 37.5 Å². The Labute approximate surface area is 132 Å². The van der Waals surface area contributed by atoms with Crippen molar-refractivity contribution in [3.8, 4) is 11.8 Å². The summed E-state index contributed by atoms with van der Waals surface area (Å²) in [6.07, 6.45) is 0. The van der Waals surface area contributed by atoms with E-state index in [0.29, 0.717) is 13.1 Å². The van der Waals surface area contributed by atoms with Crippen molar-refractivity contribution in [1.82, 2.24) is 9.88 Å². The van der Waals surface area contributed by atoms with E-state index in [2.05, 4.69) is 27.1 Å². The highest BCUT2D eigenvalue weighted by Gasteiger charge is 2.21. The fraction of sp³-hybridized carbons (Fsp3) is 0.333. The minimum Gasteiger partial charge on any atom is -0.345 e. The van der Waals surface area contributed by atoms with Gasteiger partial charge in [0.15, 0.2) is 5.13 Å². The van der Waals surface area contributed by atoms with E-state index in [4.69, 9.17) is 0 Å². The van der Waals surface area contributed by atoms with Crippen molar-refractivity contribution >= 4 is 33.7 Å². The van der Waals surface area contributed by atoms with Crippen LogP contribution in [0.2, 0.25) is 0 Å². The number of nitrogens with zero attached hydrogens (tertiary/aromatic N) is 3. The molecule has 1 aliphatic rings. The lowest BCUT2D eigenvalue weighted by atomic mass is 10.3. The van der Waals surface area contributed by atoms with Crippen molar-refractivity contribution < 1.29 is 4.79 Å². The van der Waals surface area contributed by atoms with Gasteiger partial charge in [0.25, 0.3) is 5.91 Å². The maximum atomic E-state index is 12.1. The summed E-state index contributed by atoms with van der Waals surface area (Å²) < 4.78 is 0. The molecule has 4 nitrogen and oxygen atoms in total. The summed E-state index contributed by atoms with van der Waals surface area (Å²) in [6, 6.07) is 3.86. The largest absolute Gasteiger partial charge is 0.345 e. The van der Waals surface area contributed by atoms with Crippen molar-refractivity contribution in [2.45, 2.75) is 6.92 Å². The maximum Gasteiger partial charge on any atom is 0.298 e. The van der Waals surface area contributed by atoms with Crippen LogP contribution in [0.5, 0.6) is 0 Å². The molecular formula is C15H15N3OS2. The Bertz CT molecular complexity index is 673. The van der Waals surface area contributed by atoms with Gasteiger partial charge in [-0.3, -0.25) is 4.79 Å². The Morgan fingerprint density at radius 1 is 1.29 bits per heavy atom. The second-order valence-corrected chi connectivity index (χ2v) is 6.56. The van der Waals surface area contributed by atoms with E-state index in [-0.39, 0.29) is 5.91 Å². The minimum atomic E-state index is -0.0848. The fourth-order valence-electron chi connectivity index (χ4n) is 2.13. The van der Waals surface area contributed by atoms with Gasteiger partial charge in [-0.15, -0.1) is 22.7 Å². The summed E-state index contributed by atoms with van der Waals surface area (Å²) in [5, 5.41) is 5.06. The number of hydrogen-bond acceptors (Lipinski definition) is 5. The van der Waals surface area contributed by atoms with Crippen LogP contribution in [0.1, 0.15) is 10.6 Å². The van der Waals surface area contributed by atoms with Gasteiger partial charge >= 0.3 is 0 Å². The standard InChI is InChI=1S/C15H15N3OS2/c1-12-11-21-15(16-12)18-8-6-17(7-9-18)14(19)5-4-13-3-2-10-20-13/h2-3,10-11H,6-9H2,1H3. The molecule has 2 aromatic rings. The van der Waals surface area contributed by atoms with Crippen molar-refractivity contribution in [2.75, 3.05) is 31.1 Å². The molecule has 1 saturated heterocycles. The van der Waals surface area contributed by atoms with E-state index in [1.165, 1.54) is 0 Å². The number of aromatic nitrogens is 1. The Morgan fingerprint density at radius 3 is 2.71 bits per heavy atom. The molecule has 0 atom stereocenters. The molecule has 108 valence electrons. The van der Waals surface area contributed by atoms with Gasteiger partial charge in [-0.05, 0) is 24.3 Å². The van der Waals surface area contributed by atoms with E-state index in [9.17, 15) is 4.79 Å². The second kappa shape index (κ2) is 6.29. The molecule has 0 unspecified atom stereocenters. The first-order valence-electron chi connectivity index (χ1n) is 6.74. The number of amides is 1. The first-order valence-corrected chi connectivity index (χ1v) is 8.50. The molecule has 0 aliphatic carbocycles. The lowest BCUT2D eigenvalue weighted by Crippen LogP contribution is -2.48. The highest BCUT2D eigenvalue weighted by molar-refractivity contribution is 7.13. The summed E-state index contributed by atoms with van der Waals surface area (Å²) in [5.74, 6) is 5.57. The number of rotatable bonds is 1. The zero-order chi connectivity index (χ0) is 14.7. The van der Waals surface area contributed by atoms with Crippen LogP contribution in [-0.2, 0) is 4.79 Å². The number of carbonyl (C=O) groups is 1. The average Bonchev–Trinajstić information content (AvgIpc) is 3.16. The Kier molecular flexibility index (Phi) is 4.23. The zero-order valence-electron chi connectivity index (χ0n) is 11.7. The third-order valence-electron chi connectivity index (χ3n) is 3.26. The first kappa shape index (κ1) is 14.1. The summed E-state index contributed by atoms with van der Waals surface area (Å²) >= 11 is 3.21. The van der Waals surface area contributed by atoms with Crippen LogP contribution in [0, 0.1) is 18.8 Å². The predicted octanol–water partition coefficient (Wildman–Crippen LogP) is 2.21. The molecule has 0 aromatic carbocycles. The normalized spacial score (nSPS) is 14.7. The monoisotopic (exact) mass is 317 g/mol. The van der Waals surface area contributed by atoms with Gasteiger partial charge in [0.1, 0.15) is 0 Å². The van der Waals surface area contributed by atoms with Gasteiger partial charge in [0.2, 0.25) is 0 Å². The van der Waals surface area contributed by atoms with E-state index in [1.54, 1.807) is 22.7 Å². The topological polar surface area (TPSA) is 36.4 Å². The van der Waals surface area contributed by atoms with Crippen LogP contribution in [-0.4, -0.2) is 42.0 Å². The molecule has 1 fully saturated rings. The van der Waals surface area contributed by atoms with Crippen LogP contribution in [0.3, 0.4) is 0 Å². The van der Waals surface area contributed by atoms with Crippen molar-refractivity contribution in [3.63, 3.8) is 0 Å². The molecule has 2 aromatic heterocycles. The third-order valence-corrected chi connectivity index (χ3v) is 5.06. The molecule has 6 heteroatoms. The molecule has 0 radical (unpaired) electrons. The molecule has 0 spiro atoms. The van der Waals surface area contributed by atoms with Crippen LogP contribution < -0.4 is 4.90 Å². The van der Waals surface area contributed by atoms with E-state index in [0.717, 1.165) is 28.8 Å². The molecule has 1 aliphatic heterocycles. The van der Waals surface area contributed by atoms with Crippen LogP contribution >= 0.6 is 22.7 Å². The SMILES string of the molecule is Cc1csc(N2CCN(C(=O)C#Cc3cccs3)CC2)n1. The van der Waals surface area contributed by atoms with Gasteiger partial charge in [0.05, 0.1) is 10.6 Å². The van der Waals surface area contributed by atoms with Gasteiger partial charge in [-0.1, -0.05) is 6.07 Å². The van der Waals surface area contributed by atoms with Crippen molar-refractivity contribution in [1.29, 1.82) is 0 Å². The number of hydrogen-bond donors (Lipinski definition) is 0. The number of anilines is 1. The number of carbonyl (C=O) groups excluding carboxylic acids is 1. The number of thiazole rings is 1. The van der Waals surface area contributed by atoms with Gasteiger partial charge < -0.3 is 9.80 Å². The zero-order valence-corrected chi connectivity index (χ0v) is 13.3. The third kappa shape index (κ3) is 3.43. The summed E-state index contributed by atoms with van der Waals surface area (Å²) in [6.45, 7) is 5.05.